The molecule has 0 saturated heterocycles. The summed E-state index contributed by atoms with van der Waals surface area (Å²) in [4.78, 5) is 1.59. The smallest absolute Gasteiger partial charge is 0.0117 e. The molecule has 2 heteroatoms. The molecule has 1 nitrogen and oxygen atoms in total. The minimum Gasteiger partial charge on any atom is -0.330 e. The fraction of sp³-hybridized carbons (Fsp3) is 0.667. The molecule has 1 saturated carbocycles. The molecule has 0 amide bonds. The van der Waals surface area contributed by atoms with Crippen molar-refractivity contribution in [3.8, 4) is 0 Å². The molecule has 0 aromatic carbocycles. The van der Waals surface area contributed by atoms with Gasteiger partial charge in [0.1, 0.15) is 0 Å². The number of aryl methyl sites for hydroxylation is 1. The highest BCUT2D eigenvalue weighted by molar-refractivity contribution is 7.10. The summed E-state index contributed by atoms with van der Waals surface area (Å²) in [6, 6.07) is 2.27. The summed E-state index contributed by atoms with van der Waals surface area (Å²) in [7, 11) is 0. The first-order chi connectivity index (χ1) is 6.62. The summed E-state index contributed by atoms with van der Waals surface area (Å²) in [5, 5.41) is 2.22. The minimum atomic E-state index is 0.434. The maximum atomic E-state index is 5.80. The molecule has 1 fully saturated rings. The number of rotatable bonds is 3. The largest absolute Gasteiger partial charge is 0.330 e. The fourth-order valence-electron chi connectivity index (χ4n) is 2.62. The first-order valence-corrected chi connectivity index (χ1v) is 6.27. The Morgan fingerprint density at radius 2 is 2.21 bits per heavy atom. The van der Waals surface area contributed by atoms with Crippen molar-refractivity contribution in [1.29, 1.82) is 0 Å². The third-order valence-corrected chi connectivity index (χ3v) is 4.79. The molecule has 1 aromatic rings. The molecule has 0 unspecified atom stereocenters. The van der Waals surface area contributed by atoms with Crippen LogP contribution in [0.5, 0.6) is 0 Å². The van der Waals surface area contributed by atoms with E-state index in [1.165, 1.54) is 5.56 Å². The van der Waals surface area contributed by atoms with Crippen molar-refractivity contribution in [2.45, 2.75) is 33.1 Å². The van der Waals surface area contributed by atoms with Gasteiger partial charge in [-0.15, -0.1) is 11.3 Å². The van der Waals surface area contributed by atoms with Crippen LogP contribution in [0.25, 0.3) is 0 Å². The van der Waals surface area contributed by atoms with Crippen molar-refractivity contribution in [2.75, 3.05) is 6.54 Å². The standard InChI is InChI=1S/C12H19NS/c1-4-8-5-6-14-11(8)10-9(7-13)12(10,2)3/h5-6,9-10H,4,7,13H2,1-3H3/t9-,10+/m0/s1. The lowest BCUT2D eigenvalue weighted by Crippen LogP contribution is -2.05. The molecule has 0 bridgehead atoms. The Kier molecular flexibility index (Phi) is 2.44. The number of thiophene rings is 1. The van der Waals surface area contributed by atoms with Crippen LogP contribution in [-0.2, 0) is 6.42 Å². The molecule has 2 rings (SSSR count). The van der Waals surface area contributed by atoms with Gasteiger partial charge >= 0.3 is 0 Å². The van der Waals surface area contributed by atoms with Gasteiger partial charge < -0.3 is 5.73 Å². The number of hydrogen-bond acceptors (Lipinski definition) is 2. The monoisotopic (exact) mass is 209 g/mol. The average Bonchev–Trinajstić information content (AvgIpc) is 2.55. The van der Waals surface area contributed by atoms with Gasteiger partial charge in [-0.1, -0.05) is 20.8 Å². The van der Waals surface area contributed by atoms with E-state index in [2.05, 4.69) is 32.2 Å². The molecule has 0 spiro atoms. The maximum Gasteiger partial charge on any atom is 0.0117 e. The fourth-order valence-corrected chi connectivity index (χ4v) is 3.97. The molecule has 1 aromatic heterocycles. The number of nitrogens with two attached hydrogens (primary N) is 1. The first kappa shape index (κ1) is 10.2. The maximum absolute atomic E-state index is 5.80. The van der Waals surface area contributed by atoms with Gasteiger partial charge in [0.15, 0.2) is 0 Å². The Bertz CT molecular complexity index is 327. The summed E-state index contributed by atoms with van der Waals surface area (Å²) < 4.78 is 0. The van der Waals surface area contributed by atoms with Crippen molar-refractivity contribution < 1.29 is 0 Å². The Balaban J connectivity index is 2.26. The zero-order valence-electron chi connectivity index (χ0n) is 9.21. The predicted molar refractivity (Wildman–Crippen MR) is 62.8 cm³/mol. The van der Waals surface area contributed by atoms with E-state index >= 15 is 0 Å². The molecule has 1 heterocycles. The van der Waals surface area contributed by atoms with Crippen molar-refractivity contribution in [3.05, 3.63) is 21.9 Å². The Morgan fingerprint density at radius 3 is 2.71 bits per heavy atom. The normalized spacial score (nSPS) is 29.1. The molecular weight excluding hydrogens is 190 g/mol. The van der Waals surface area contributed by atoms with Gasteiger partial charge in [0.2, 0.25) is 0 Å². The van der Waals surface area contributed by atoms with Crippen molar-refractivity contribution >= 4 is 11.3 Å². The lowest BCUT2D eigenvalue weighted by molar-refractivity contribution is 0.559. The van der Waals surface area contributed by atoms with Crippen LogP contribution in [0.3, 0.4) is 0 Å². The summed E-state index contributed by atoms with van der Waals surface area (Å²) in [5.41, 5.74) is 7.77. The Hall–Kier alpha value is -0.340. The van der Waals surface area contributed by atoms with Crippen molar-refractivity contribution in [3.63, 3.8) is 0 Å². The SMILES string of the molecule is CCc1ccsc1[C@H]1[C@H](CN)C1(C)C. The Morgan fingerprint density at radius 1 is 1.50 bits per heavy atom. The molecule has 1 aliphatic rings. The molecule has 78 valence electrons. The van der Waals surface area contributed by atoms with E-state index in [0.29, 0.717) is 11.3 Å². The van der Waals surface area contributed by atoms with Gasteiger partial charge in [0.05, 0.1) is 0 Å². The van der Waals surface area contributed by atoms with E-state index in [-0.39, 0.29) is 0 Å². The molecule has 2 atom stereocenters. The molecule has 14 heavy (non-hydrogen) atoms. The molecule has 0 radical (unpaired) electrons. The number of hydrogen-bond donors (Lipinski definition) is 1. The highest BCUT2D eigenvalue weighted by Gasteiger charge is 2.58. The third kappa shape index (κ3) is 1.32. The van der Waals surface area contributed by atoms with Crippen LogP contribution in [0.2, 0.25) is 0 Å². The van der Waals surface area contributed by atoms with Gasteiger partial charge in [-0.25, -0.2) is 0 Å². The second-order valence-electron chi connectivity index (χ2n) is 4.80. The van der Waals surface area contributed by atoms with Crippen molar-refractivity contribution in [2.24, 2.45) is 17.1 Å². The first-order valence-electron chi connectivity index (χ1n) is 5.39. The predicted octanol–water partition coefficient (Wildman–Crippen LogP) is 3.01. The van der Waals surface area contributed by atoms with Crippen LogP contribution in [0.4, 0.5) is 0 Å². The summed E-state index contributed by atoms with van der Waals surface area (Å²) in [6.07, 6.45) is 1.16. The second-order valence-corrected chi connectivity index (χ2v) is 5.75. The van der Waals surface area contributed by atoms with Crippen molar-refractivity contribution in [1.82, 2.24) is 0 Å². The van der Waals surface area contributed by atoms with Crippen LogP contribution < -0.4 is 5.73 Å². The van der Waals surface area contributed by atoms with E-state index in [9.17, 15) is 0 Å². The van der Waals surface area contributed by atoms with E-state index in [0.717, 1.165) is 18.9 Å². The zero-order chi connectivity index (χ0) is 10.3. The Labute approximate surface area is 90.3 Å². The topological polar surface area (TPSA) is 26.0 Å². The van der Waals surface area contributed by atoms with Crippen LogP contribution >= 0.6 is 11.3 Å². The third-order valence-electron chi connectivity index (χ3n) is 3.75. The summed E-state index contributed by atoms with van der Waals surface area (Å²) in [6.45, 7) is 7.75. The van der Waals surface area contributed by atoms with Gasteiger partial charge in [-0.3, -0.25) is 0 Å². The minimum absolute atomic E-state index is 0.434. The van der Waals surface area contributed by atoms with Gasteiger partial charge in [0.25, 0.3) is 0 Å². The summed E-state index contributed by atoms with van der Waals surface area (Å²) in [5.74, 6) is 1.42. The van der Waals surface area contributed by atoms with E-state index in [1.807, 2.05) is 11.3 Å². The highest BCUT2D eigenvalue weighted by atomic mass is 32.1. The quantitative estimate of drug-likeness (QED) is 0.813. The molecule has 1 aliphatic carbocycles. The second kappa shape index (κ2) is 3.35. The van der Waals surface area contributed by atoms with Crippen LogP contribution in [0.1, 0.15) is 37.1 Å². The van der Waals surface area contributed by atoms with E-state index < -0.39 is 0 Å². The van der Waals surface area contributed by atoms with Gasteiger partial charge in [-0.05, 0) is 41.3 Å². The highest BCUT2D eigenvalue weighted by Crippen LogP contribution is 2.65. The lowest BCUT2D eigenvalue weighted by atomic mass is 10.1. The zero-order valence-corrected chi connectivity index (χ0v) is 10.0. The summed E-state index contributed by atoms with van der Waals surface area (Å²) >= 11 is 1.91. The molecular formula is C12H19NS. The van der Waals surface area contributed by atoms with E-state index in [1.54, 1.807) is 4.88 Å². The van der Waals surface area contributed by atoms with E-state index in [4.69, 9.17) is 5.73 Å². The molecule has 0 aliphatic heterocycles. The van der Waals surface area contributed by atoms with Crippen LogP contribution in [0.15, 0.2) is 11.4 Å². The lowest BCUT2D eigenvalue weighted by Gasteiger charge is -2.02. The van der Waals surface area contributed by atoms with Crippen LogP contribution in [-0.4, -0.2) is 6.54 Å². The average molecular weight is 209 g/mol. The van der Waals surface area contributed by atoms with Gasteiger partial charge in [0, 0.05) is 10.8 Å². The van der Waals surface area contributed by atoms with Crippen LogP contribution in [0, 0.1) is 11.3 Å². The van der Waals surface area contributed by atoms with Gasteiger partial charge in [-0.2, -0.15) is 0 Å². The molecule has 2 N–H and O–H groups in total.